The number of carboxylic acids is 1. The molecule has 3 rings (SSSR count). The van der Waals surface area contributed by atoms with Crippen LogP contribution in [0.1, 0.15) is 58.1 Å². The summed E-state index contributed by atoms with van der Waals surface area (Å²) in [6.07, 6.45) is 2.69. The van der Waals surface area contributed by atoms with Crippen LogP contribution in [0.2, 0.25) is 0 Å². The van der Waals surface area contributed by atoms with Gasteiger partial charge in [-0.3, -0.25) is 9.69 Å². The molecule has 2 N–H and O–H groups in total. The number of hydrogen-bond acceptors (Lipinski definition) is 3. The Bertz CT molecular complexity index is 764. The molecule has 154 valence electrons. The summed E-state index contributed by atoms with van der Waals surface area (Å²) < 4.78 is 0. The van der Waals surface area contributed by atoms with Gasteiger partial charge in [-0.2, -0.15) is 0 Å². The number of nitrogens with one attached hydrogen (secondary N) is 1. The number of likely N-dealkylation sites (tertiary alicyclic amines) is 1. The van der Waals surface area contributed by atoms with E-state index < -0.39 is 5.97 Å². The SMILES string of the molecule is CN(CC(=O)O)C1CCN(C(=O)Nc2ccc3c(c2)C(C)(C)CC3(C)C)CC1. The number of carbonyl (C=O) groups excluding carboxylic acids is 1. The maximum Gasteiger partial charge on any atom is 0.321 e. The van der Waals surface area contributed by atoms with Gasteiger partial charge in [0.2, 0.25) is 0 Å². The molecule has 0 aromatic heterocycles. The molecule has 0 unspecified atom stereocenters. The van der Waals surface area contributed by atoms with Crippen LogP contribution < -0.4 is 5.32 Å². The fraction of sp³-hybridized carbons (Fsp3) is 0.636. The van der Waals surface area contributed by atoms with E-state index in [2.05, 4.69) is 45.1 Å². The van der Waals surface area contributed by atoms with Crippen molar-refractivity contribution in [1.82, 2.24) is 9.80 Å². The Hall–Kier alpha value is -2.08. The summed E-state index contributed by atoms with van der Waals surface area (Å²) in [5.41, 5.74) is 3.81. The Kier molecular flexibility index (Phi) is 5.45. The smallest absolute Gasteiger partial charge is 0.321 e. The lowest BCUT2D eigenvalue weighted by Gasteiger charge is -2.36. The van der Waals surface area contributed by atoms with Crippen LogP contribution in [-0.2, 0) is 15.6 Å². The highest BCUT2D eigenvalue weighted by molar-refractivity contribution is 5.89. The van der Waals surface area contributed by atoms with E-state index in [-0.39, 0.29) is 29.4 Å². The molecular weight excluding hydrogens is 354 g/mol. The normalized spacial score (nSPS) is 20.9. The molecule has 0 saturated carbocycles. The average Bonchev–Trinajstić information content (AvgIpc) is 2.78. The Labute approximate surface area is 167 Å². The van der Waals surface area contributed by atoms with Gasteiger partial charge in [-0.05, 0) is 60.4 Å². The molecule has 0 atom stereocenters. The first-order valence-electron chi connectivity index (χ1n) is 10.1. The van der Waals surface area contributed by atoms with Crippen molar-refractivity contribution >= 4 is 17.7 Å². The van der Waals surface area contributed by atoms with Crippen molar-refractivity contribution in [3.8, 4) is 0 Å². The van der Waals surface area contributed by atoms with E-state index in [0.717, 1.165) is 24.9 Å². The predicted octanol–water partition coefficient (Wildman–Crippen LogP) is 3.66. The molecule has 0 radical (unpaired) electrons. The second-order valence-electron chi connectivity index (χ2n) is 9.66. The Balaban J connectivity index is 1.62. The number of nitrogens with zero attached hydrogens (tertiary/aromatic N) is 2. The maximum absolute atomic E-state index is 12.7. The zero-order chi connectivity index (χ0) is 20.7. The highest BCUT2D eigenvalue weighted by atomic mass is 16.4. The summed E-state index contributed by atoms with van der Waals surface area (Å²) in [7, 11) is 1.84. The molecule has 1 heterocycles. The molecule has 0 spiro atoms. The lowest BCUT2D eigenvalue weighted by atomic mass is 9.82. The fourth-order valence-corrected chi connectivity index (χ4v) is 5.12. The molecule has 0 bridgehead atoms. The monoisotopic (exact) mass is 387 g/mol. The molecule has 2 amide bonds. The quantitative estimate of drug-likeness (QED) is 0.827. The van der Waals surface area contributed by atoms with Gasteiger partial charge in [-0.15, -0.1) is 0 Å². The van der Waals surface area contributed by atoms with Crippen LogP contribution in [0.4, 0.5) is 10.5 Å². The van der Waals surface area contributed by atoms with E-state index >= 15 is 0 Å². The van der Waals surface area contributed by atoms with Gasteiger partial charge in [-0.25, -0.2) is 4.79 Å². The zero-order valence-corrected chi connectivity index (χ0v) is 17.7. The standard InChI is InChI=1S/C22H33N3O3/c1-21(2)14-22(3,4)18-12-15(6-7-17(18)21)23-20(28)25-10-8-16(9-11-25)24(5)13-19(26)27/h6-7,12,16H,8-11,13-14H2,1-5H3,(H,23,28)(H,26,27). The van der Waals surface area contributed by atoms with Crippen LogP contribution in [0.25, 0.3) is 0 Å². The van der Waals surface area contributed by atoms with Crippen molar-refractivity contribution in [3.05, 3.63) is 29.3 Å². The number of likely N-dealkylation sites (N-methyl/N-ethyl adjacent to an activating group) is 1. The highest BCUT2D eigenvalue weighted by Crippen LogP contribution is 2.49. The molecule has 1 aromatic carbocycles. The van der Waals surface area contributed by atoms with Crippen molar-refractivity contribution in [2.45, 2.75) is 63.8 Å². The molecule has 1 aliphatic heterocycles. The third-order valence-electron chi connectivity index (χ3n) is 6.37. The van der Waals surface area contributed by atoms with E-state index in [4.69, 9.17) is 5.11 Å². The average molecular weight is 388 g/mol. The van der Waals surface area contributed by atoms with E-state index in [1.54, 1.807) is 0 Å². The van der Waals surface area contributed by atoms with Crippen molar-refractivity contribution in [1.29, 1.82) is 0 Å². The van der Waals surface area contributed by atoms with Gasteiger partial charge in [0.05, 0.1) is 6.54 Å². The first-order chi connectivity index (χ1) is 13.0. The Morgan fingerprint density at radius 2 is 1.75 bits per heavy atom. The number of urea groups is 1. The van der Waals surface area contributed by atoms with Crippen molar-refractivity contribution < 1.29 is 14.7 Å². The number of benzene rings is 1. The lowest BCUT2D eigenvalue weighted by Crippen LogP contribution is -2.47. The number of piperidine rings is 1. The first-order valence-corrected chi connectivity index (χ1v) is 10.1. The summed E-state index contributed by atoms with van der Waals surface area (Å²) in [5.74, 6) is -0.814. The number of carboxylic acid groups (broad SMARTS) is 1. The molecular formula is C22H33N3O3. The third-order valence-corrected chi connectivity index (χ3v) is 6.37. The third kappa shape index (κ3) is 4.17. The minimum Gasteiger partial charge on any atom is -0.480 e. The van der Waals surface area contributed by atoms with Gasteiger partial charge in [-0.1, -0.05) is 33.8 Å². The van der Waals surface area contributed by atoms with Gasteiger partial charge < -0.3 is 15.3 Å². The van der Waals surface area contributed by atoms with Crippen LogP contribution in [0.15, 0.2) is 18.2 Å². The number of rotatable bonds is 4. The molecule has 6 nitrogen and oxygen atoms in total. The summed E-state index contributed by atoms with van der Waals surface area (Å²) in [6.45, 7) is 10.4. The van der Waals surface area contributed by atoms with Gasteiger partial charge in [0.1, 0.15) is 0 Å². The van der Waals surface area contributed by atoms with Crippen LogP contribution in [0, 0.1) is 0 Å². The van der Waals surface area contributed by atoms with Gasteiger partial charge in [0.15, 0.2) is 0 Å². The zero-order valence-electron chi connectivity index (χ0n) is 17.7. The molecule has 6 heteroatoms. The molecule has 1 aliphatic carbocycles. The number of carbonyl (C=O) groups is 2. The summed E-state index contributed by atoms with van der Waals surface area (Å²) >= 11 is 0. The summed E-state index contributed by atoms with van der Waals surface area (Å²) in [5, 5.41) is 12.0. The van der Waals surface area contributed by atoms with Gasteiger partial charge >= 0.3 is 12.0 Å². The van der Waals surface area contributed by atoms with Gasteiger partial charge in [0, 0.05) is 24.8 Å². The number of fused-ring (bicyclic) bond motifs is 1. The summed E-state index contributed by atoms with van der Waals surface area (Å²) in [4.78, 5) is 27.3. The molecule has 1 saturated heterocycles. The van der Waals surface area contributed by atoms with Crippen molar-refractivity contribution in [3.63, 3.8) is 0 Å². The highest BCUT2D eigenvalue weighted by Gasteiger charge is 2.41. The number of aliphatic carboxylic acids is 1. The van der Waals surface area contributed by atoms with Gasteiger partial charge in [0.25, 0.3) is 0 Å². The summed E-state index contributed by atoms with van der Waals surface area (Å²) in [6, 6.07) is 6.44. The molecule has 2 aliphatic rings. The molecule has 28 heavy (non-hydrogen) atoms. The molecule has 1 aromatic rings. The van der Waals surface area contributed by atoms with Crippen LogP contribution >= 0.6 is 0 Å². The predicted molar refractivity (Wildman–Crippen MR) is 111 cm³/mol. The van der Waals surface area contributed by atoms with E-state index in [1.807, 2.05) is 22.9 Å². The Morgan fingerprint density at radius 3 is 2.36 bits per heavy atom. The van der Waals surface area contributed by atoms with Crippen molar-refractivity contribution in [2.75, 3.05) is 32.0 Å². The minimum atomic E-state index is -0.814. The number of anilines is 1. The van der Waals surface area contributed by atoms with E-state index in [9.17, 15) is 9.59 Å². The van der Waals surface area contributed by atoms with E-state index in [1.165, 1.54) is 11.1 Å². The Morgan fingerprint density at radius 1 is 1.14 bits per heavy atom. The number of hydrogen-bond donors (Lipinski definition) is 2. The van der Waals surface area contributed by atoms with Crippen LogP contribution in [0.5, 0.6) is 0 Å². The second-order valence-corrected chi connectivity index (χ2v) is 9.66. The lowest BCUT2D eigenvalue weighted by molar-refractivity contribution is -0.138. The second kappa shape index (κ2) is 7.39. The maximum atomic E-state index is 12.7. The fourth-order valence-electron chi connectivity index (χ4n) is 5.12. The first kappa shape index (κ1) is 20.6. The number of amides is 2. The van der Waals surface area contributed by atoms with Crippen molar-refractivity contribution in [2.24, 2.45) is 0 Å². The minimum absolute atomic E-state index is 0.0398. The van der Waals surface area contributed by atoms with Crippen LogP contribution in [0.3, 0.4) is 0 Å². The van der Waals surface area contributed by atoms with E-state index in [0.29, 0.717) is 13.1 Å². The topological polar surface area (TPSA) is 72.9 Å². The molecule has 1 fully saturated rings. The largest absolute Gasteiger partial charge is 0.480 e. The van der Waals surface area contributed by atoms with Crippen LogP contribution in [-0.4, -0.2) is 59.6 Å².